The van der Waals surface area contributed by atoms with E-state index in [1.807, 2.05) is 6.08 Å². The summed E-state index contributed by atoms with van der Waals surface area (Å²) in [5, 5.41) is 7.82. The standard InChI is InChI=1S/C3H4O.C2H6O4S.Na/c1-2-4-3-1;3-1-2-7(4,5)6;/h1-2H,3H2;3H,1-2H2,(H,4,5,6);/q;;+1/p-1. The minimum Gasteiger partial charge on any atom is -0.748 e. The van der Waals surface area contributed by atoms with Crippen LogP contribution < -0.4 is 29.6 Å². The minimum atomic E-state index is -4.17. The topological polar surface area (TPSA) is 86.7 Å². The Morgan fingerprint density at radius 3 is 1.92 bits per heavy atom. The number of rotatable bonds is 2. The molecule has 0 unspecified atom stereocenters. The predicted octanol–water partition coefficient (Wildman–Crippen LogP) is -3.94. The summed E-state index contributed by atoms with van der Waals surface area (Å²) < 4.78 is 33.1. The number of hydrogen-bond acceptors (Lipinski definition) is 5. The van der Waals surface area contributed by atoms with Gasteiger partial charge in [-0.3, -0.25) is 0 Å². The zero-order valence-corrected chi connectivity index (χ0v) is 9.58. The first-order chi connectivity index (χ1) is 5.06. The third-order valence-electron chi connectivity index (χ3n) is 0.726. The van der Waals surface area contributed by atoms with Crippen LogP contribution in [0.2, 0.25) is 0 Å². The van der Waals surface area contributed by atoms with Gasteiger partial charge in [-0.1, -0.05) is 0 Å². The summed E-state index contributed by atoms with van der Waals surface area (Å²) >= 11 is 0. The maximum Gasteiger partial charge on any atom is 1.00 e. The van der Waals surface area contributed by atoms with Crippen LogP contribution in [-0.4, -0.2) is 37.0 Å². The summed E-state index contributed by atoms with van der Waals surface area (Å²) in [6.07, 6.45) is 3.64. The van der Waals surface area contributed by atoms with Crippen molar-refractivity contribution in [3.63, 3.8) is 0 Å². The van der Waals surface area contributed by atoms with Gasteiger partial charge in [0.25, 0.3) is 0 Å². The number of aliphatic hydroxyl groups is 1. The van der Waals surface area contributed by atoms with E-state index in [0.29, 0.717) is 0 Å². The van der Waals surface area contributed by atoms with Crippen molar-refractivity contribution in [1.29, 1.82) is 0 Å². The Hall–Kier alpha value is 0.410. The normalized spacial score (nSPS) is 12.8. The molecule has 1 aliphatic rings. The first kappa shape index (κ1) is 14.9. The second-order valence-electron chi connectivity index (χ2n) is 1.69. The van der Waals surface area contributed by atoms with Crippen LogP contribution in [0.1, 0.15) is 0 Å². The average molecular weight is 204 g/mol. The van der Waals surface area contributed by atoms with Crippen molar-refractivity contribution in [3.8, 4) is 0 Å². The molecule has 0 saturated heterocycles. The van der Waals surface area contributed by atoms with Gasteiger partial charge in [0.05, 0.1) is 28.7 Å². The Morgan fingerprint density at radius 2 is 1.92 bits per heavy atom. The van der Waals surface area contributed by atoms with E-state index < -0.39 is 22.5 Å². The fourth-order valence-electron chi connectivity index (χ4n) is 0.208. The van der Waals surface area contributed by atoms with Gasteiger partial charge in [-0.15, -0.1) is 0 Å². The van der Waals surface area contributed by atoms with Crippen molar-refractivity contribution in [2.24, 2.45) is 0 Å². The van der Waals surface area contributed by atoms with Crippen LogP contribution in [0.25, 0.3) is 0 Å². The molecule has 0 aliphatic carbocycles. The van der Waals surface area contributed by atoms with Gasteiger partial charge in [-0.05, 0) is 6.08 Å². The van der Waals surface area contributed by atoms with E-state index in [2.05, 4.69) is 4.74 Å². The van der Waals surface area contributed by atoms with Crippen molar-refractivity contribution in [2.75, 3.05) is 19.0 Å². The van der Waals surface area contributed by atoms with Gasteiger partial charge < -0.3 is 14.4 Å². The molecule has 0 fully saturated rings. The first-order valence-electron chi connectivity index (χ1n) is 2.87. The van der Waals surface area contributed by atoms with E-state index in [-0.39, 0.29) is 29.6 Å². The fourth-order valence-corrected chi connectivity index (χ4v) is 0.432. The van der Waals surface area contributed by atoms with E-state index in [9.17, 15) is 13.0 Å². The van der Waals surface area contributed by atoms with E-state index in [1.54, 1.807) is 6.26 Å². The SMILES string of the molecule is C1=COC1.O=S(=O)([O-])CCO.[Na+]. The molecule has 0 aromatic carbocycles. The van der Waals surface area contributed by atoms with Crippen LogP contribution in [0.3, 0.4) is 0 Å². The maximum absolute atomic E-state index is 9.52. The summed E-state index contributed by atoms with van der Waals surface area (Å²) in [4.78, 5) is 0. The summed E-state index contributed by atoms with van der Waals surface area (Å²) in [5.74, 6) is -0.688. The Kier molecular flexibility index (Phi) is 9.97. The first-order valence-corrected chi connectivity index (χ1v) is 4.45. The smallest absolute Gasteiger partial charge is 0.748 e. The number of ether oxygens (including phenoxy) is 1. The molecule has 0 radical (unpaired) electrons. The monoisotopic (exact) mass is 204 g/mol. The molecule has 5 nitrogen and oxygen atoms in total. The molecule has 0 amide bonds. The fraction of sp³-hybridized carbons (Fsp3) is 0.600. The summed E-state index contributed by atoms with van der Waals surface area (Å²) in [6.45, 7) is 0.228. The quantitative estimate of drug-likeness (QED) is 0.366. The molecule has 12 heavy (non-hydrogen) atoms. The molecule has 0 spiro atoms. The number of hydrogen-bond donors (Lipinski definition) is 1. The Labute approximate surface area is 93.5 Å². The molecule has 0 bridgehead atoms. The van der Waals surface area contributed by atoms with Crippen molar-refractivity contribution < 1.29 is 52.4 Å². The van der Waals surface area contributed by atoms with Crippen LogP contribution in [0.5, 0.6) is 0 Å². The van der Waals surface area contributed by atoms with E-state index in [4.69, 9.17) is 5.11 Å². The van der Waals surface area contributed by atoms with Gasteiger partial charge in [0.1, 0.15) is 6.61 Å². The molecular weight excluding hydrogens is 195 g/mol. The van der Waals surface area contributed by atoms with Gasteiger partial charge >= 0.3 is 29.6 Å². The van der Waals surface area contributed by atoms with Gasteiger partial charge in [0, 0.05) is 0 Å². The summed E-state index contributed by atoms with van der Waals surface area (Å²) in [7, 11) is -4.17. The molecule has 7 heteroatoms. The van der Waals surface area contributed by atoms with Crippen LogP contribution in [0, 0.1) is 0 Å². The third-order valence-corrected chi connectivity index (χ3v) is 1.41. The van der Waals surface area contributed by atoms with Crippen LogP contribution in [0.4, 0.5) is 0 Å². The summed E-state index contributed by atoms with van der Waals surface area (Å²) in [6, 6.07) is 0. The molecule has 66 valence electrons. The zero-order chi connectivity index (χ0) is 8.74. The zero-order valence-electron chi connectivity index (χ0n) is 6.76. The van der Waals surface area contributed by atoms with Crippen molar-refractivity contribution in [3.05, 3.63) is 12.3 Å². The molecule has 0 aromatic rings. The molecule has 1 N–H and O–H groups in total. The molecule has 0 saturated carbocycles. The van der Waals surface area contributed by atoms with Crippen LogP contribution >= 0.6 is 0 Å². The number of aliphatic hydroxyl groups excluding tert-OH is 1. The molecule has 0 aromatic heterocycles. The second kappa shape index (κ2) is 8.03. The van der Waals surface area contributed by atoms with Crippen molar-refractivity contribution in [1.82, 2.24) is 0 Å². The predicted molar refractivity (Wildman–Crippen MR) is 36.7 cm³/mol. The summed E-state index contributed by atoms with van der Waals surface area (Å²) in [5.41, 5.74) is 0. The molecular formula is C5H9NaO5S. The second-order valence-corrected chi connectivity index (χ2v) is 3.21. The minimum absolute atomic E-state index is 0. The Morgan fingerprint density at radius 1 is 1.58 bits per heavy atom. The van der Waals surface area contributed by atoms with Gasteiger partial charge in [0.15, 0.2) is 0 Å². The van der Waals surface area contributed by atoms with Gasteiger partial charge in [-0.2, -0.15) is 0 Å². The molecule has 1 heterocycles. The van der Waals surface area contributed by atoms with Crippen molar-refractivity contribution >= 4 is 10.1 Å². The molecule has 0 atom stereocenters. The van der Waals surface area contributed by atoms with E-state index >= 15 is 0 Å². The van der Waals surface area contributed by atoms with E-state index in [0.717, 1.165) is 6.61 Å². The molecule has 1 rings (SSSR count). The van der Waals surface area contributed by atoms with Gasteiger partial charge in [0.2, 0.25) is 0 Å². The van der Waals surface area contributed by atoms with Crippen molar-refractivity contribution in [2.45, 2.75) is 0 Å². The van der Waals surface area contributed by atoms with E-state index in [1.165, 1.54) is 0 Å². The third kappa shape index (κ3) is 13.0. The average Bonchev–Trinajstić information content (AvgIpc) is 1.54. The van der Waals surface area contributed by atoms with Crippen LogP contribution in [-0.2, 0) is 14.9 Å². The maximum atomic E-state index is 9.52. The van der Waals surface area contributed by atoms with Gasteiger partial charge in [-0.25, -0.2) is 8.42 Å². The van der Waals surface area contributed by atoms with Crippen LogP contribution in [0.15, 0.2) is 12.3 Å². The molecule has 1 aliphatic heterocycles. The Balaban J connectivity index is 0. The largest absolute Gasteiger partial charge is 1.00 e. The Bertz CT molecular complexity index is 204.